The number of pyridine rings is 1. The van der Waals surface area contributed by atoms with Gasteiger partial charge in [-0.3, -0.25) is 4.98 Å². The summed E-state index contributed by atoms with van der Waals surface area (Å²) in [6, 6.07) is 3.56. The van der Waals surface area contributed by atoms with Gasteiger partial charge in [-0.2, -0.15) is 0 Å². The number of hydrogen-bond acceptors (Lipinski definition) is 2. The van der Waals surface area contributed by atoms with E-state index in [1.54, 1.807) is 30.6 Å². The standard InChI is InChI=1S/C6H7NO.C3H6/c8-5-6-1-3-7-4-2-6;1-3-2/h1-4,8H,5H2;3H,1H2,2H3. The lowest BCUT2D eigenvalue weighted by Crippen LogP contribution is -1.80. The van der Waals surface area contributed by atoms with E-state index in [0.717, 1.165) is 5.56 Å². The SMILES string of the molecule is C=CC.OCc1ccncc1. The van der Waals surface area contributed by atoms with Crippen LogP contribution in [0.5, 0.6) is 0 Å². The number of hydrogen-bond donors (Lipinski definition) is 1. The van der Waals surface area contributed by atoms with Gasteiger partial charge in [-0.25, -0.2) is 0 Å². The molecule has 0 saturated heterocycles. The lowest BCUT2D eigenvalue weighted by molar-refractivity contribution is 0.281. The molecule has 1 N–H and O–H groups in total. The van der Waals surface area contributed by atoms with Gasteiger partial charge in [0.25, 0.3) is 0 Å². The fraction of sp³-hybridized carbons (Fsp3) is 0.222. The van der Waals surface area contributed by atoms with E-state index in [2.05, 4.69) is 11.6 Å². The van der Waals surface area contributed by atoms with Crippen LogP contribution in [0.15, 0.2) is 37.2 Å². The molecule has 0 unspecified atom stereocenters. The molecule has 0 bridgehead atoms. The molecule has 1 rings (SSSR count). The Balaban J connectivity index is 0.000000292. The smallest absolute Gasteiger partial charge is 0.0682 e. The number of allylic oxidation sites excluding steroid dienone is 1. The van der Waals surface area contributed by atoms with E-state index < -0.39 is 0 Å². The van der Waals surface area contributed by atoms with Crippen LogP contribution in [0, 0.1) is 0 Å². The summed E-state index contributed by atoms with van der Waals surface area (Å²) in [5, 5.41) is 8.51. The molecule has 0 aliphatic heterocycles. The van der Waals surface area contributed by atoms with E-state index in [4.69, 9.17) is 5.11 Å². The van der Waals surface area contributed by atoms with Crippen molar-refractivity contribution in [2.75, 3.05) is 0 Å². The highest BCUT2D eigenvalue weighted by atomic mass is 16.3. The van der Waals surface area contributed by atoms with Crippen LogP contribution in [0.2, 0.25) is 0 Å². The van der Waals surface area contributed by atoms with Crippen LogP contribution in [-0.4, -0.2) is 10.1 Å². The van der Waals surface area contributed by atoms with Gasteiger partial charge in [-0.05, 0) is 24.6 Å². The lowest BCUT2D eigenvalue weighted by Gasteiger charge is -1.88. The Hall–Kier alpha value is -1.15. The van der Waals surface area contributed by atoms with Crippen LogP contribution in [0.3, 0.4) is 0 Å². The summed E-state index contributed by atoms with van der Waals surface area (Å²) >= 11 is 0. The van der Waals surface area contributed by atoms with Crippen molar-refractivity contribution in [3.8, 4) is 0 Å². The molecule has 2 nitrogen and oxygen atoms in total. The highest BCUT2D eigenvalue weighted by Crippen LogP contribution is 1.92. The topological polar surface area (TPSA) is 33.1 Å². The van der Waals surface area contributed by atoms with Crippen molar-refractivity contribution in [1.82, 2.24) is 4.98 Å². The van der Waals surface area contributed by atoms with Crippen molar-refractivity contribution in [2.24, 2.45) is 0 Å². The van der Waals surface area contributed by atoms with Gasteiger partial charge in [-0.15, -0.1) is 6.58 Å². The van der Waals surface area contributed by atoms with Crippen molar-refractivity contribution >= 4 is 0 Å². The van der Waals surface area contributed by atoms with E-state index in [9.17, 15) is 0 Å². The maximum absolute atomic E-state index is 8.51. The van der Waals surface area contributed by atoms with Crippen molar-refractivity contribution in [3.05, 3.63) is 42.7 Å². The van der Waals surface area contributed by atoms with Crippen LogP contribution >= 0.6 is 0 Å². The molecule has 0 amide bonds. The lowest BCUT2D eigenvalue weighted by atomic mass is 10.3. The second-order valence-electron chi connectivity index (χ2n) is 1.92. The first kappa shape index (κ1) is 9.85. The molecule has 0 saturated carbocycles. The van der Waals surface area contributed by atoms with E-state index in [1.165, 1.54) is 0 Å². The van der Waals surface area contributed by atoms with Crippen LogP contribution in [0.4, 0.5) is 0 Å². The number of rotatable bonds is 1. The van der Waals surface area contributed by atoms with E-state index in [0.29, 0.717) is 0 Å². The molecule has 1 aromatic rings. The molecular weight excluding hydrogens is 138 g/mol. The fourth-order valence-corrected chi connectivity index (χ4v) is 0.488. The Morgan fingerprint density at radius 1 is 1.55 bits per heavy atom. The van der Waals surface area contributed by atoms with Crippen molar-refractivity contribution in [3.63, 3.8) is 0 Å². The summed E-state index contributed by atoms with van der Waals surface area (Å²) in [7, 11) is 0. The summed E-state index contributed by atoms with van der Waals surface area (Å²) in [4.78, 5) is 3.78. The maximum Gasteiger partial charge on any atom is 0.0682 e. The predicted molar refractivity (Wildman–Crippen MR) is 46.0 cm³/mol. The van der Waals surface area contributed by atoms with Crippen molar-refractivity contribution in [1.29, 1.82) is 0 Å². The third kappa shape index (κ3) is 5.30. The van der Waals surface area contributed by atoms with E-state index >= 15 is 0 Å². The number of nitrogens with zero attached hydrogens (tertiary/aromatic N) is 1. The Kier molecular flexibility index (Phi) is 6.24. The zero-order valence-electron chi connectivity index (χ0n) is 6.70. The monoisotopic (exact) mass is 151 g/mol. The number of aromatic nitrogens is 1. The molecule has 11 heavy (non-hydrogen) atoms. The molecule has 1 heterocycles. The third-order valence-corrected chi connectivity index (χ3v) is 0.932. The molecule has 1 aromatic heterocycles. The third-order valence-electron chi connectivity index (χ3n) is 0.932. The Morgan fingerprint density at radius 3 is 2.27 bits per heavy atom. The van der Waals surface area contributed by atoms with Gasteiger partial charge in [0.15, 0.2) is 0 Å². The normalized spacial score (nSPS) is 7.82. The molecule has 0 aliphatic carbocycles. The highest BCUT2D eigenvalue weighted by molar-refractivity contribution is 5.07. The summed E-state index contributed by atoms with van der Waals surface area (Å²) in [5.74, 6) is 0. The molecule has 0 aliphatic rings. The molecule has 0 fully saturated rings. The minimum Gasteiger partial charge on any atom is -0.392 e. The van der Waals surface area contributed by atoms with Gasteiger partial charge < -0.3 is 5.11 Å². The summed E-state index contributed by atoms with van der Waals surface area (Å²) in [5.41, 5.74) is 0.903. The first-order valence-electron chi connectivity index (χ1n) is 3.42. The van der Waals surface area contributed by atoms with Crippen molar-refractivity contribution < 1.29 is 5.11 Å². The van der Waals surface area contributed by atoms with Crippen LogP contribution in [-0.2, 0) is 6.61 Å². The molecule has 0 aromatic carbocycles. The molecule has 0 atom stereocenters. The number of aliphatic hydroxyl groups is 1. The van der Waals surface area contributed by atoms with Crippen LogP contribution in [0.1, 0.15) is 12.5 Å². The quantitative estimate of drug-likeness (QED) is 0.620. The van der Waals surface area contributed by atoms with Gasteiger partial charge in [0.2, 0.25) is 0 Å². The van der Waals surface area contributed by atoms with Crippen LogP contribution in [0.25, 0.3) is 0 Å². The molecular formula is C9H13NO. The average Bonchev–Trinajstić information content (AvgIpc) is 2.08. The van der Waals surface area contributed by atoms with Gasteiger partial charge in [0, 0.05) is 12.4 Å². The minimum absolute atomic E-state index is 0.0997. The summed E-state index contributed by atoms with van der Waals surface area (Å²) in [6.07, 6.45) is 5.07. The van der Waals surface area contributed by atoms with E-state index in [-0.39, 0.29) is 6.61 Å². The van der Waals surface area contributed by atoms with E-state index in [1.807, 2.05) is 6.92 Å². The maximum atomic E-state index is 8.51. The van der Waals surface area contributed by atoms with Gasteiger partial charge >= 0.3 is 0 Å². The Bertz CT molecular complexity index is 184. The van der Waals surface area contributed by atoms with Gasteiger partial charge in [-0.1, -0.05) is 6.08 Å². The fourth-order valence-electron chi connectivity index (χ4n) is 0.488. The molecule has 60 valence electrons. The second kappa shape index (κ2) is 6.96. The first-order chi connectivity index (χ1) is 5.35. The second-order valence-corrected chi connectivity index (χ2v) is 1.92. The summed E-state index contributed by atoms with van der Waals surface area (Å²) < 4.78 is 0. The Labute approximate surface area is 67.2 Å². The minimum atomic E-state index is 0.0997. The van der Waals surface area contributed by atoms with Gasteiger partial charge in [0.05, 0.1) is 6.61 Å². The zero-order valence-corrected chi connectivity index (χ0v) is 6.70. The summed E-state index contributed by atoms with van der Waals surface area (Å²) in [6.45, 7) is 5.35. The first-order valence-corrected chi connectivity index (χ1v) is 3.42. The predicted octanol–water partition coefficient (Wildman–Crippen LogP) is 1.77. The number of aliphatic hydroxyl groups excluding tert-OH is 1. The molecule has 0 radical (unpaired) electrons. The Morgan fingerprint density at radius 2 is 2.00 bits per heavy atom. The average molecular weight is 151 g/mol. The largest absolute Gasteiger partial charge is 0.392 e. The van der Waals surface area contributed by atoms with Gasteiger partial charge in [0.1, 0.15) is 0 Å². The molecule has 0 spiro atoms. The van der Waals surface area contributed by atoms with Crippen molar-refractivity contribution in [2.45, 2.75) is 13.5 Å². The molecule has 2 heteroatoms. The van der Waals surface area contributed by atoms with Crippen LogP contribution < -0.4 is 0 Å². The zero-order chi connectivity index (χ0) is 8.53. The highest BCUT2D eigenvalue weighted by Gasteiger charge is 1.81.